The molecule has 2 atom stereocenters. The standard InChI is InChI=1S/C27H25N3O2S/c1-16-9-20(23-7-6-19(13-28)14-30-23)10-17(2)25(16)26-24(31)12-21(27(26)32)11-18(3)29-15-22-5-4-8-33-22/h4-10,14,21,26,29H,3,11-12,15H2,1-2H3. The third kappa shape index (κ3) is 4.79. The molecule has 2 heterocycles. The Hall–Kier alpha value is -3.56. The maximum atomic E-state index is 13.3. The Morgan fingerprint density at radius 1 is 1.24 bits per heavy atom. The van der Waals surface area contributed by atoms with Gasteiger partial charge >= 0.3 is 0 Å². The number of rotatable bonds is 7. The Balaban J connectivity index is 1.51. The van der Waals surface area contributed by atoms with Gasteiger partial charge in [0.05, 0.1) is 11.3 Å². The summed E-state index contributed by atoms with van der Waals surface area (Å²) in [6, 6.07) is 13.6. The quantitative estimate of drug-likeness (QED) is 0.493. The summed E-state index contributed by atoms with van der Waals surface area (Å²) in [5.41, 5.74) is 5.55. The second kappa shape index (κ2) is 9.51. The van der Waals surface area contributed by atoms with Crippen molar-refractivity contribution in [2.24, 2.45) is 5.92 Å². The van der Waals surface area contributed by atoms with Crippen LogP contribution in [-0.4, -0.2) is 16.6 Å². The first-order chi connectivity index (χ1) is 15.9. The summed E-state index contributed by atoms with van der Waals surface area (Å²) in [6.45, 7) is 8.62. The normalized spacial score (nSPS) is 17.7. The van der Waals surface area contributed by atoms with Gasteiger partial charge in [0.2, 0.25) is 0 Å². The molecule has 1 fully saturated rings. The van der Waals surface area contributed by atoms with E-state index in [4.69, 9.17) is 5.26 Å². The number of hydrogen-bond donors (Lipinski definition) is 1. The lowest BCUT2D eigenvalue weighted by molar-refractivity contribution is -0.124. The predicted molar refractivity (Wildman–Crippen MR) is 130 cm³/mol. The number of aryl methyl sites for hydroxylation is 2. The monoisotopic (exact) mass is 455 g/mol. The van der Waals surface area contributed by atoms with Gasteiger partial charge in [-0.3, -0.25) is 14.6 Å². The highest BCUT2D eigenvalue weighted by Crippen LogP contribution is 2.39. The van der Waals surface area contributed by atoms with E-state index in [1.54, 1.807) is 23.6 Å². The van der Waals surface area contributed by atoms with E-state index in [-0.39, 0.29) is 23.9 Å². The molecule has 6 heteroatoms. The molecular weight excluding hydrogens is 430 g/mol. The number of allylic oxidation sites excluding steroid dienone is 1. The van der Waals surface area contributed by atoms with Crippen LogP contribution in [0.2, 0.25) is 0 Å². The number of hydrogen-bond acceptors (Lipinski definition) is 6. The summed E-state index contributed by atoms with van der Waals surface area (Å²) >= 11 is 1.67. The van der Waals surface area contributed by atoms with Crippen LogP contribution in [0.15, 0.2) is 60.3 Å². The lowest BCUT2D eigenvalue weighted by Crippen LogP contribution is -2.20. The zero-order valence-electron chi connectivity index (χ0n) is 18.7. The molecule has 3 aromatic rings. The first-order valence-corrected chi connectivity index (χ1v) is 11.7. The number of aromatic nitrogens is 1. The summed E-state index contributed by atoms with van der Waals surface area (Å²) in [4.78, 5) is 31.8. The molecule has 0 spiro atoms. The van der Waals surface area contributed by atoms with Crippen molar-refractivity contribution in [2.45, 2.75) is 39.2 Å². The summed E-state index contributed by atoms with van der Waals surface area (Å²) in [7, 11) is 0. The molecule has 0 radical (unpaired) electrons. The van der Waals surface area contributed by atoms with Crippen LogP contribution in [0.3, 0.4) is 0 Å². The molecule has 1 aliphatic carbocycles. The van der Waals surface area contributed by atoms with Crippen molar-refractivity contribution in [2.75, 3.05) is 0 Å². The van der Waals surface area contributed by atoms with Gasteiger partial charge < -0.3 is 5.32 Å². The minimum atomic E-state index is -0.719. The maximum Gasteiger partial charge on any atom is 0.151 e. The molecular formula is C27H25N3O2S. The predicted octanol–water partition coefficient (Wildman–Crippen LogP) is 5.23. The Labute approximate surface area is 197 Å². The van der Waals surface area contributed by atoms with Gasteiger partial charge in [-0.2, -0.15) is 5.26 Å². The maximum absolute atomic E-state index is 13.3. The van der Waals surface area contributed by atoms with E-state index in [0.29, 0.717) is 18.5 Å². The molecule has 1 aliphatic rings. The van der Waals surface area contributed by atoms with Gasteiger partial charge in [0, 0.05) is 41.2 Å². The highest BCUT2D eigenvalue weighted by molar-refractivity contribution is 7.09. The van der Waals surface area contributed by atoms with Crippen LogP contribution in [0, 0.1) is 31.1 Å². The van der Waals surface area contributed by atoms with Crippen LogP contribution in [0.1, 0.15) is 45.9 Å². The van der Waals surface area contributed by atoms with Crippen LogP contribution < -0.4 is 5.32 Å². The molecule has 33 heavy (non-hydrogen) atoms. The van der Waals surface area contributed by atoms with Gasteiger partial charge in [-0.25, -0.2) is 0 Å². The van der Waals surface area contributed by atoms with Gasteiger partial charge in [0.15, 0.2) is 5.78 Å². The third-order valence-electron chi connectivity index (χ3n) is 6.11. The summed E-state index contributed by atoms with van der Waals surface area (Å²) in [5, 5.41) is 14.3. The first-order valence-electron chi connectivity index (χ1n) is 10.9. The number of ketones is 2. The first kappa shape index (κ1) is 22.6. The van der Waals surface area contributed by atoms with E-state index in [1.165, 1.54) is 4.88 Å². The molecule has 166 valence electrons. The van der Waals surface area contributed by atoms with Crippen molar-refractivity contribution in [3.8, 4) is 17.3 Å². The smallest absolute Gasteiger partial charge is 0.151 e. The van der Waals surface area contributed by atoms with Gasteiger partial charge in [-0.1, -0.05) is 12.6 Å². The Bertz CT molecular complexity index is 1230. The number of benzene rings is 1. The minimum absolute atomic E-state index is 0.0190. The van der Waals surface area contributed by atoms with Gasteiger partial charge in [0.25, 0.3) is 0 Å². The Morgan fingerprint density at radius 2 is 2.00 bits per heavy atom. The fourth-order valence-corrected chi connectivity index (χ4v) is 5.18. The van der Waals surface area contributed by atoms with Crippen molar-refractivity contribution in [3.05, 3.63) is 87.4 Å². The molecule has 1 aromatic carbocycles. The number of carbonyl (C=O) groups is 2. The van der Waals surface area contributed by atoms with E-state index in [0.717, 1.165) is 33.6 Å². The molecule has 0 aliphatic heterocycles. The molecule has 5 nitrogen and oxygen atoms in total. The van der Waals surface area contributed by atoms with Gasteiger partial charge in [-0.05, 0) is 72.7 Å². The average molecular weight is 456 g/mol. The summed E-state index contributed by atoms with van der Waals surface area (Å²) in [5.74, 6) is -1.10. The number of pyridine rings is 1. The summed E-state index contributed by atoms with van der Waals surface area (Å²) < 4.78 is 0. The molecule has 4 rings (SSSR count). The zero-order chi connectivity index (χ0) is 23.5. The van der Waals surface area contributed by atoms with E-state index in [1.807, 2.05) is 49.6 Å². The van der Waals surface area contributed by atoms with Gasteiger partial charge in [0.1, 0.15) is 17.8 Å². The molecule has 0 saturated heterocycles. The fraction of sp³-hybridized carbons (Fsp3) is 0.259. The van der Waals surface area contributed by atoms with E-state index in [9.17, 15) is 9.59 Å². The molecule has 1 N–H and O–H groups in total. The second-order valence-corrected chi connectivity index (χ2v) is 9.54. The Morgan fingerprint density at radius 3 is 2.61 bits per heavy atom. The number of Topliss-reactive ketones (excluding diaryl/α,β-unsaturated/α-hetero) is 2. The number of nitriles is 1. The zero-order valence-corrected chi connectivity index (χ0v) is 19.5. The van der Waals surface area contributed by atoms with Crippen molar-refractivity contribution in [3.63, 3.8) is 0 Å². The SMILES string of the molecule is C=C(CC1CC(=O)C(c2c(C)cc(-c3ccc(C#N)cn3)cc2C)C1=O)NCc1cccs1. The summed E-state index contributed by atoms with van der Waals surface area (Å²) in [6.07, 6.45) is 2.26. The highest BCUT2D eigenvalue weighted by Gasteiger charge is 2.43. The molecule has 0 amide bonds. The van der Waals surface area contributed by atoms with Crippen LogP contribution in [0.4, 0.5) is 0 Å². The van der Waals surface area contributed by atoms with E-state index >= 15 is 0 Å². The second-order valence-electron chi connectivity index (χ2n) is 8.51. The number of nitrogens with zero attached hydrogens (tertiary/aromatic N) is 2. The molecule has 1 saturated carbocycles. The minimum Gasteiger partial charge on any atom is -0.384 e. The topological polar surface area (TPSA) is 82.8 Å². The lowest BCUT2D eigenvalue weighted by Gasteiger charge is -2.18. The van der Waals surface area contributed by atoms with Crippen molar-refractivity contribution in [1.82, 2.24) is 10.3 Å². The Kier molecular flexibility index (Phi) is 6.52. The van der Waals surface area contributed by atoms with Crippen molar-refractivity contribution < 1.29 is 9.59 Å². The van der Waals surface area contributed by atoms with E-state index in [2.05, 4.69) is 22.9 Å². The molecule has 2 aromatic heterocycles. The average Bonchev–Trinajstić information content (AvgIpc) is 3.41. The van der Waals surface area contributed by atoms with Crippen molar-refractivity contribution >= 4 is 22.9 Å². The number of nitrogens with one attached hydrogen (secondary N) is 1. The number of thiophene rings is 1. The highest BCUT2D eigenvalue weighted by atomic mass is 32.1. The van der Waals surface area contributed by atoms with Crippen LogP contribution in [-0.2, 0) is 16.1 Å². The van der Waals surface area contributed by atoms with Crippen LogP contribution in [0.5, 0.6) is 0 Å². The van der Waals surface area contributed by atoms with Crippen LogP contribution in [0.25, 0.3) is 11.3 Å². The largest absolute Gasteiger partial charge is 0.384 e. The molecule has 0 bridgehead atoms. The fourth-order valence-electron chi connectivity index (χ4n) is 4.54. The molecule has 2 unspecified atom stereocenters. The van der Waals surface area contributed by atoms with Crippen molar-refractivity contribution in [1.29, 1.82) is 5.26 Å². The van der Waals surface area contributed by atoms with Gasteiger partial charge in [-0.15, -0.1) is 11.3 Å². The number of carbonyl (C=O) groups excluding carboxylic acids is 2. The van der Waals surface area contributed by atoms with E-state index < -0.39 is 5.92 Å². The third-order valence-corrected chi connectivity index (χ3v) is 6.99. The van der Waals surface area contributed by atoms with Crippen LogP contribution >= 0.6 is 11.3 Å². The lowest BCUT2D eigenvalue weighted by atomic mass is 9.85.